The lowest BCUT2D eigenvalue weighted by Gasteiger charge is -2.39. The molecule has 2 atom stereocenters. The first-order chi connectivity index (χ1) is 8.09. The molecule has 1 N–H and O–H groups in total. The maximum absolute atomic E-state index is 11.1. The highest BCUT2D eigenvalue weighted by atomic mass is 32.2. The van der Waals surface area contributed by atoms with Crippen molar-refractivity contribution in [3.05, 3.63) is 18.5 Å². The van der Waals surface area contributed by atoms with Crippen LogP contribution in [0.15, 0.2) is 23.6 Å². The van der Waals surface area contributed by atoms with E-state index in [0.29, 0.717) is 5.16 Å². The number of carbonyl (C=O) groups excluding carboxylic acids is 1. The van der Waals surface area contributed by atoms with Crippen molar-refractivity contribution in [2.45, 2.75) is 29.8 Å². The van der Waals surface area contributed by atoms with Gasteiger partial charge in [0.1, 0.15) is 0 Å². The largest absolute Gasteiger partial charge is 0.465 e. The molecule has 0 saturated carbocycles. The Morgan fingerprint density at radius 2 is 2.24 bits per heavy atom. The van der Waals surface area contributed by atoms with E-state index in [9.17, 15) is 9.59 Å². The van der Waals surface area contributed by atoms with Crippen molar-refractivity contribution >= 4 is 23.8 Å². The number of carboxylic acid groups (broad SMARTS) is 1. The average molecular weight is 253 g/mol. The Bertz CT molecular complexity index is 432. The molecule has 0 aromatic carbocycles. The monoisotopic (exact) mass is 253 g/mol. The molecule has 1 aliphatic rings. The number of imide groups is 1. The molecule has 0 aliphatic carbocycles. The molecule has 0 radical (unpaired) electrons. The van der Waals surface area contributed by atoms with Crippen molar-refractivity contribution in [1.29, 1.82) is 0 Å². The number of hydrogen-bond acceptors (Lipinski definition) is 5. The Labute approximate surface area is 102 Å². The Kier molecular flexibility index (Phi) is 3.28. The molecule has 2 amide bonds. The van der Waals surface area contributed by atoms with Crippen LogP contribution in [0, 0.1) is 0 Å². The summed E-state index contributed by atoms with van der Waals surface area (Å²) in [7, 11) is 0. The molecule has 7 heteroatoms. The Morgan fingerprint density at radius 1 is 1.59 bits per heavy atom. The minimum absolute atomic E-state index is 0.0498. The van der Waals surface area contributed by atoms with Crippen LogP contribution in [0.4, 0.5) is 4.79 Å². The first-order valence-electron chi connectivity index (χ1n) is 5.08. The van der Waals surface area contributed by atoms with Crippen LogP contribution in [0.25, 0.3) is 0 Å². The lowest BCUT2D eigenvalue weighted by molar-refractivity contribution is -0.141. The van der Waals surface area contributed by atoms with E-state index in [2.05, 4.69) is 9.97 Å². The molecule has 2 heterocycles. The van der Waals surface area contributed by atoms with Crippen molar-refractivity contribution in [2.24, 2.45) is 0 Å². The molecule has 1 unspecified atom stereocenters. The lowest BCUT2D eigenvalue weighted by Crippen LogP contribution is -2.58. The standard InChI is InChI=1S/C10H11N3O3S/c1-6(17-9-11-3-2-4-12-9)7-5-8(14)13(7)10(15)16/h2-4,6-7H,5H2,1H3,(H,15,16)/t6-,7?/m1/s1. The lowest BCUT2D eigenvalue weighted by atomic mass is 10.0. The quantitative estimate of drug-likeness (QED) is 0.495. The zero-order chi connectivity index (χ0) is 12.4. The first-order valence-corrected chi connectivity index (χ1v) is 5.96. The molecule has 1 aromatic heterocycles. The summed E-state index contributed by atoms with van der Waals surface area (Å²) in [6, 6.07) is 1.43. The van der Waals surface area contributed by atoms with Crippen LogP contribution >= 0.6 is 11.8 Å². The molecule has 1 saturated heterocycles. The van der Waals surface area contributed by atoms with E-state index >= 15 is 0 Å². The van der Waals surface area contributed by atoms with Gasteiger partial charge in [0.25, 0.3) is 0 Å². The van der Waals surface area contributed by atoms with Gasteiger partial charge in [-0.05, 0) is 6.07 Å². The molecule has 2 rings (SSSR count). The molecular formula is C10H11N3O3S. The molecule has 17 heavy (non-hydrogen) atoms. The van der Waals surface area contributed by atoms with E-state index in [1.807, 2.05) is 6.92 Å². The fourth-order valence-electron chi connectivity index (χ4n) is 1.66. The van der Waals surface area contributed by atoms with Crippen LogP contribution in [0.2, 0.25) is 0 Å². The van der Waals surface area contributed by atoms with Gasteiger partial charge in [0.15, 0.2) is 5.16 Å². The molecule has 1 fully saturated rings. The SMILES string of the molecule is C[C@@H](Sc1ncccn1)C1CC(=O)N1C(=O)O. The van der Waals surface area contributed by atoms with E-state index in [1.54, 1.807) is 18.5 Å². The number of β-lactam (4-membered cyclic amide) rings is 1. The van der Waals surface area contributed by atoms with Crippen molar-refractivity contribution in [2.75, 3.05) is 0 Å². The van der Waals surface area contributed by atoms with Crippen LogP contribution in [0.3, 0.4) is 0 Å². The Balaban J connectivity index is 2.00. The third-order valence-corrected chi connectivity index (χ3v) is 3.67. The summed E-state index contributed by atoms with van der Waals surface area (Å²) in [5.41, 5.74) is 0. The van der Waals surface area contributed by atoms with Gasteiger partial charge in [-0.2, -0.15) is 0 Å². The highest BCUT2D eigenvalue weighted by molar-refractivity contribution is 7.99. The van der Waals surface area contributed by atoms with Crippen molar-refractivity contribution in [3.8, 4) is 0 Å². The number of likely N-dealkylation sites (tertiary alicyclic amines) is 1. The number of thioether (sulfide) groups is 1. The highest BCUT2D eigenvalue weighted by Crippen LogP contribution is 2.31. The fourth-order valence-corrected chi connectivity index (χ4v) is 2.61. The Hall–Kier alpha value is -1.63. The molecule has 6 nitrogen and oxygen atoms in total. The molecule has 0 bridgehead atoms. The van der Waals surface area contributed by atoms with Gasteiger partial charge < -0.3 is 5.11 Å². The van der Waals surface area contributed by atoms with Crippen LogP contribution in [0.5, 0.6) is 0 Å². The first kappa shape index (κ1) is 11.8. The minimum atomic E-state index is -1.19. The normalized spacial score (nSPS) is 20.9. The van der Waals surface area contributed by atoms with E-state index in [4.69, 9.17) is 5.11 Å². The maximum atomic E-state index is 11.1. The van der Waals surface area contributed by atoms with Crippen molar-refractivity contribution in [1.82, 2.24) is 14.9 Å². The third-order valence-electron chi connectivity index (χ3n) is 2.57. The summed E-state index contributed by atoms with van der Waals surface area (Å²) in [5, 5.41) is 9.39. The fraction of sp³-hybridized carbons (Fsp3) is 0.400. The molecule has 1 aromatic rings. The molecule has 90 valence electrons. The summed E-state index contributed by atoms with van der Waals surface area (Å²) in [4.78, 5) is 30.9. The number of nitrogens with zero attached hydrogens (tertiary/aromatic N) is 3. The zero-order valence-electron chi connectivity index (χ0n) is 9.11. The number of amides is 2. The van der Waals surface area contributed by atoms with Gasteiger partial charge >= 0.3 is 6.09 Å². The van der Waals surface area contributed by atoms with Crippen LogP contribution in [-0.4, -0.2) is 43.3 Å². The smallest absolute Gasteiger partial charge is 0.414 e. The second-order valence-electron chi connectivity index (χ2n) is 3.67. The highest BCUT2D eigenvalue weighted by Gasteiger charge is 2.44. The van der Waals surface area contributed by atoms with Crippen LogP contribution in [0.1, 0.15) is 13.3 Å². The summed E-state index contributed by atoms with van der Waals surface area (Å²) < 4.78 is 0. The third kappa shape index (κ3) is 2.38. The van der Waals surface area contributed by atoms with E-state index in [-0.39, 0.29) is 23.6 Å². The minimum Gasteiger partial charge on any atom is -0.465 e. The summed E-state index contributed by atoms with van der Waals surface area (Å²) >= 11 is 1.37. The van der Waals surface area contributed by atoms with Gasteiger partial charge in [-0.25, -0.2) is 19.7 Å². The second-order valence-corrected chi connectivity index (χ2v) is 5.02. The van der Waals surface area contributed by atoms with E-state index in [0.717, 1.165) is 4.90 Å². The number of carbonyl (C=O) groups is 2. The van der Waals surface area contributed by atoms with Crippen LogP contribution < -0.4 is 0 Å². The van der Waals surface area contributed by atoms with Gasteiger partial charge in [-0.15, -0.1) is 0 Å². The summed E-state index contributed by atoms with van der Waals surface area (Å²) in [6.45, 7) is 1.87. The molecule has 1 aliphatic heterocycles. The summed E-state index contributed by atoms with van der Waals surface area (Å²) in [5.74, 6) is -0.344. The molecular weight excluding hydrogens is 242 g/mol. The zero-order valence-corrected chi connectivity index (χ0v) is 9.92. The van der Waals surface area contributed by atoms with Gasteiger partial charge in [0.05, 0.1) is 6.04 Å². The van der Waals surface area contributed by atoms with Crippen molar-refractivity contribution in [3.63, 3.8) is 0 Å². The number of rotatable bonds is 3. The van der Waals surface area contributed by atoms with Gasteiger partial charge in [-0.1, -0.05) is 18.7 Å². The predicted octanol–water partition coefficient (Wildman–Crippen LogP) is 1.24. The van der Waals surface area contributed by atoms with Gasteiger partial charge in [0.2, 0.25) is 5.91 Å². The van der Waals surface area contributed by atoms with Gasteiger partial charge in [0, 0.05) is 24.1 Å². The maximum Gasteiger partial charge on any atom is 0.414 e. The van der Waals surface area contributed by atoms with Crippen LogP contribution in [-0.2, 0) is 4.79 Å². The predicted molar refractivity (Wildman–Crippen MR) is 60.6 cm³/mol. The van der Waals surface area contributed by atoms with E-state index < -0.39 is 6.09 Å². The number of hydrogen-bond donors (Lipinski definition) is 1. The van der Waals surface area contributed by atoms with Gasteiger partial charge in [-0.3, -0.25) is 4.79 Å². The second kappa shape index (κ2) is 4.70. The van der Waals surface area contributed by atoms with E-state index in [1.165, 1.54) is 11.8 Å². The van der Waals surface area contributed by atoms with Crippen molar-refractivity contribution < 1.29 is 14.7 Å². The Morgan fingerprint density at radius 3 is 2.76 bits per heavy atom. The number of aromatic nitrogens is 2. The summed E-state index contributed by atoms with van der Waals surface area (Å²) in [6.07, 6.45) is 2.34. The molecule has 0 spiro atoms. The topological polar surface area (TPSA) is 83.4 Å². The average Bonchev–Trinajstić information content (AvgIpc) is 2.26.